The van der Waals surface area contributed by atoms with Crippen molar-refractivity contribution >= 4 is 17.5 Å². The van der Waals surface area contributed by atoms with Crippen molar-refractivity contribution in [3.8, 4) is 0 Å². The van der Waals surface area contributed by atoms with E-state index in [4.69, 9.17) is 17.3 Å². The Morgan fingerprint density at radius 1 is 1.62 bits per heavy atom. The molecule has 0 saturated carbocycles. The van der Waals surface area contributed by atoms with E-state index in [0.717, 1.165) is 12.3 Å². The Labute approximate surface area is 77.5 Å². The molecule has 6 heteroatoms. The van der Waals surface area contributed by atoms with Gasteiger partial charge in [0.1, 0.15) is 5.69 Å². The Morgan fingerprint density at radius 3 is 2.69 bits per heavy atom. The van der Waals surface area contributed by atoms with Crippen molar-refractivity contribution in [3.63, 3.8) is 0 Å². The minimum Gasteiger partial charge on any atom is -0.366 e. The summed E-state index contributed by atoms with van der Waals surface area (Å²) in [4.78, 5) is 14.0. The van der Waals surface area contributed by atoms with Crippen molar-refractivity contribution in [1.82, 2.24) is 4.98 Å². The summed E-state index contributed by atoms with van der Waals surface area (Å²) in [6, 6.07) is 0.884. The number of carbonyl (C=O) groups is 1. The smallest absolute Gasteiger partial charge is 0.280 e. The van der Waals surface area contributed by atoms with Crippen LogP contribution in [0.4, 0.5) is 8.78 Å². The van der Waals surface area contributed by atoms with E-state index in [1.165, 1.54) is 0 Å². The lowest BCUT2D eigenvalue weighted by molar-refractivity contribution is 0.0999. The fourth-order valence-electron chi connectivity index (χ4n) is 0.763. The molecule has 1 heterocycles. The molecule has 70 valence electrons. The topological polar surface area (TPSA) is 56.0 Å². The van der Waals surface area contributed by atoms with Crippen molar-refractivity contribution in [3.05, 3.63) is 28.5 Å². The van der Waals surface area contributed by atoms with Crippen molar-refractivity contribution < 1.29 is 13.6 Å². The Hall–Kier alpha value is -1.23. The van der Waals surface area contributed by atoms with Gasteiger partial charge in [-0.1, -0.05) is 11.6 Å². The largest absolute Gasteiger partial charge is 0.366 e. The Morgan fingerprint density at radius 2 is 2.23 bits per heavy atom. The van der Waals surface area contributed by atoms with Crippen LogP contribution < -0.4 is 5.73 Å². The predicted molar refractivity (Wildman–Crippen MR) is 42.7 cm³/mol. The van der Waals surface area contributed by atoms with Crippen LogP contribution in [0.15, 0.2) is 12.3 Å². The van der Waals surface area contributed by atoms with E-state index in [0.29, 0.717) is 0 Å². The standard InChI is InChI=1S/C7H5ClF2N2O/c8-4-2-12-5(6(9)10)1-3(4)7(11)13/h1-2,6H,(H2,11,13). The average Bonchev–Trinajstić information content (AvgIpc) is 2.04. The summed E-state index contributed by atoms with van der Waals surface area (Å²) in [6.07, 6.45) is -1.77. The third-order valence-corrected chi connectivity index (χ3v) is 1.67. The monoisotopic (exact) mass is 206 g/mol. The fraction of sp³-hybridized carbons (Fsp3) is 0.143. The van der Waals surface area contributed by atoms with Gasteiger partial charge in [-0.25, -0.2) is 8.78 Å². The molecule has 0 aromatic carbocycles. The Balaban J connectivity index is 3.19. The zero-order valence-electron chi connectivity index (χ0n) is 6.30. The number of pyridine rings is 1. The molecule has 0 spiro atoms. The maximum atomic E-state index is 12.1. The van der Waals surface area contributed by atoms with Gasteiger partial charge >= 0.3 is 0 Å². The molecule has 1 rings (SSSR count). The van der Waals surface area contributed by atoms with Gasteiger partial charge in [-0.2, -0.15) is 0 Å². The molecule has 13 heavy (non-hydrogen) atoms. The number of rotatable bonds is 2. The highest BCUT2D eigenvalue weighted by molar-refractivity contribution is 6.33. The van der Waals surface area contributed by atoms with Gasteiger partial charge in [-0.15, -0.1) is 0 Å². The first kappa shape index (κ1) is 9.85. The van der Waals surface area contributed by atoms with E-state index in [9.17, 15) is 13.6 Å². The minimum atomic E-state index is -2.74. The lowest BCUT2D eigenvalue weighted by Crippen LogP contribution is -2.12. The number of nitrogens with zero attached hydrogens (tertiary/aromatic N) is 1. The molecule has 1 aromatic rings. The maximum Gasteiger partial charge on any atom is 0.280 e. The highest BCUT2D eigenvalue weighted by Gasteiger charge is 2.14. The molecular formula is C7H5ClF2N2O. The lowest BCUT2D eigenvalue weighted by Gasteiger charge is -2.02. The van der Waals surface area contributed by atoms with Gasteiger partial charge in [0.05, 0.1) is 10.6 Å². The number of amides is 1. The van der Waals surface area contributed by atoms with Gasteiger partial charge in [0, 0.05) is 6.20 Å². The van der Waals surface area contributed by atoms with E-state index in [-0.39, 0.29) is 10.6 Å². The molecule has 0 saturated heterocycles. The van der Waals surface area contributed by atoms with E-state index >= 15 is 0 Å². The summed E-state index contributed by atoms with van der Waals surface area (Å²) in [5.41, 5.74) is 4.23. The highest BCUT2D eigenvalue weighted by atomic mass is 35.5. The SMILES string of the molecule is NC(=O)c1cc(C(F)F)ncc1Cl. The van der Waals surface area contributed by atoms with Gasteiger partial charge in [0.25, 0.3) is 6.43 Å². The molecular weight excluding hydrogens is 202 g/mol. The van der Waals surface area contributed by atoms with Crippen LogP contribution >= 0.6 is 11.6 Å². The van der Waals surface area contributed by atoms with Crippen LogP contribution in [0.25, 0.3) is 0 Å². The predicted octanol–water partition coefficient (Wildman–Crippen LogP) is 1.77. The van der Waals surface area contributed by atoms with E-state index in [2.05, 4.69) is 4.98 Å². The van der Waals surface area contributed by atoms with Crippen molar-refractivity contribution in [2.75, 3.05) is 0 Å². The van der Waals surface area contributed by atoms with Gasteiger partial charge in [0.15, 0.2) is 0 Å². The summed E-state index contributed by atoms with van der Waals surface area (Å²) in [5.74, 6) is -0.852. The average molecular weight is 207 g/mol. The van der Waals surface area contributed by atoms with Crippen LogP contribution in [-0.4, -0.2) is 10.9 Å². The second-order valence-corrected chi connectivity index (χ2v) is 2.66. The van der Waals surface area contributed by atoms with Gasteiger partial charge in [0.2, 0.25) is 5.91 Å². The lowest BCUT2D eigenvalue weighted by atomic mass is 10.2. The summed E-state index contributed by atoms with van der Waals surface area (Å²) in [6.45, 7) is 0. The van der Waals surface area contributed by atoms with Gasteiger partial charge in [-0.05, 0) is 6.07 Å². The van der Waals surface area contributed by atoms with E-state index < -0.39 is 18.0 Å². The number of aromatic nitrogens is 1. The fourth-order valence-corrected chi connectivity index (χ4v) is 0.959. The maximum absolute atomic E-state index is 12.1. The molecule has 0 bridgehead atoms. The van der Waals surface area contributed by atoms with Crippen LogP contribution in [0, 0.1) is 0 Å². The number of nitrogens with two attached hydrogens (primary N) is 1. The quantitative estimate of drug-likeness (QED) is 0.802. The molecule has 2 N–H and O–H groups in total. The molecule has 0 aliphatic rings. The molecule has 0 aliphatic heterocycles. The second-order valence-electron chi connectivity index (χ2n) is 2.25. The first-order chi connectivity index (χ1) is 6.02. The molecule has 1 aromatic heterocycles. The highest BCUT2D eigenvalue weighted by Crippen LogP contribution is 2.21. The van der Waals surface area contributed by atoms with Crippen LogP contribution in [0.3, 0.4) is 0 Å². The van der Waals surface area contributed by atoms with Crippen molar-refractivity contribution in [1.29, 1.82) is 0 Å². The third-order valence-electron chi connectivity index (χ3n) is 1.37. The normalized spacial score (nSPS) is 10.5. The van der Waals surface area contributed by atoms with Crippen LogP contribution in [0.5, 0.6) is 0 Å². The van der Waals surface area contributed by atoms with E-state index in [1.807, 2.05) is 0 Å². The molecule has 0 aliphatic carbocycles. The third kappa shape index (κ3) is 2.12. The van der Waals surface area contributed by atoms with E-state index in [1.54, 1.807) is 0 Å². The van der Waals surface area contributed by atoms with Gasteiger partial charge in [-0.3, -0.25) is 9.78 Å². The molecule has 3 nitrogen and oxygen atoms in total. The minimum absolute atomic E-state index is 0.0306. The Bertz CT molecular complexity index is 343. The summed E-state index contributed by atoms with van der Waals surface area (Å²) in [5, 5.41) is -0.0306. The molecule has 0 fully saturated rings. The molecule has 0 unspecified atom stereocenters. The number of hydrogen-bond acceptors (Lipinski definition) is 2. The number of primary amides is 1. The summed E-state index contributed by atoms with van der Waals surface area (Å²) >= 11 is 5.49. The summed E-state index contributed by atoms with van der Waals surface area (Å²) in [7, 11) is 0. The first-order valence-electron chi connectivity index (χ1n) is 3.25. The second kappa shape index (κ2) is 3.66. The van der Waals surface area contributed by atoms with Crippen molar-refractivity contribution in [2.24, 2.45) is 5.73 Å². The van der Waals surface area contributed by atoms with Crippen molar-refractivity contribution in [2.45, 2.75) is 6.43 Å². The van der Waals surface area contributed by atoms with Crippen LogP contribution in [0.2, 0.25) is 5.02 Å². The Kier molecular flexibility index (Phi) is 2.77. The van der Waals surface area contributed by atoms with Crippen LogP contribution in [0.1, 0.15) is 22.5 Å². The zero-order valence-corrected chi connectivity index (χ0v) is 7.05. The number of hydrogen-bond donors (Lipinski definition) is 1. The molecule has 1 amide bonds. The first-order valence-corrected chi connectivity index (χ1v) is 3.63. The molecule has 0 radical (unpaired) electrons. The van der Waals surface area contributed by atoms with Crippen LogP contribution in [-0.2, 0) is 0 Å². The molecule has 0 atom stereocenters. The zero-order chi connectivity index (χ0) is 10.0. The summed E-state index contributed by atoms with van der Waals surface area (Å²) < 4.78 is 24.2. The number of halogens is 3. The number of alkyl halides is 2. The van der Waals surface area contributed by atoms with Gasteiger partial charge < -0.3 is 5.73 Å². The number of carbonyl (C=O) groups excluding carboxylic acids is 1.